The molecule has 0 rings (SSSR count). The van der Waals surface area contributed by atoms with Crippen LogP contribution in [0.3, 0.4) is 0 Å². The van der Waals surface area contributed by atoms with Crippen molar-refractivity contribution < 1.29 is 9.90 Å². The summed E-state index contributed by atoms with van der Waals surface area (Å²) in [7, 11) is 0. The second kappa shape index (κ2) is 17.4. The predicted molar refractivity (Wildman–Crippen MR) is 134 cm³/mol. The van der Waals surface area contributed by atoms with Crippen molar-refractivity contribution in [1.29, 1.82) is 5.26 Å². The highest BCUT2D eigenvalue weighted by atomic mass is 32.2. The SMILES string of the molecule is CC(C)=CCC/C(C)=C/CC/C(=C\CSCC(N=C(C)NC#N)C(=O)O)CC=C(C)C. The van der Waals surface area contributed by atoms with Gasteiger partial charge in [0.25, 0.3) is 0 Å². The van der Waals surface area contributed by atoms with E-state index in [-0.39, 0.29) is 0 Å². The highest BCUT2D eigenvalue weighted by Gasteiger charge is 2.16. The molecule has 0 aromatic rings. The average Bonchev–Trinajstić information content (AvgIpc) is 2.67. The largest absolute Gasteiger partial charge is 0.480 e. The van der Waals surface area contributed by atoms with Crippen LogP contribution in [0.4, 0.5) is 0 Å². The fourth-order valence-electron chi connectivity index (χ4n) is 2.68. The van der Waals surface area contributed by atoms with Crippen LogP contribution in [0.2, 0.25) is 0 Å². The smallest absolute Gasteiger partial charge is 0.329 e. The molecule has 172 valence electrons. The van der Waals surface area contributed by atoms with Crippen LogP contribution in [0.25, 0.3) is 0 Å². The molecule has 6 heteroatoms. The lowest BCUT2D eigenvalue weighted by atomic mass is 10.0. The van der Waals surface area contributed by atoms with Gasteiger partial charge in [-0.2, -0.15) is 17.0 Å². The summed E-state index contributed by atoms with van der Waals surface area (Å²) in [5.41, 5.74) is 5.47. The number of carboxylic acids is 1. The number of carbonyl (C=O) groups is 1. The molecule has 0 heterocycles. The third-order valence-corrected chi connectivity index (χ3v) is 5.41. The number of thioether (sulfide) groups is 1. The Morgan fingerprint density at radius 2 is 1.68 bits per heavy atom. The number of rotatable bonds is 14. The Labute approximate surface area is 193 Å². The van der Waals surface area contributed by atoms with Gasteiger partial charge in [-0.15, -0.1) is 0 Å². The summed E-state index contributed by atoms with van der Waals surface area (Å²) in [5.74, 6) is 0.463. The van der Waals surface area contributed by atoms with Gasteiger partial charge in [0.15, 0.2) is 12.2 Å². The normalized spacial score (nSPS) is 13.3. The molecule has 0 amide bonds. The van der Waals surface area contributed by atoms with E-state index in [1.165, 1.54) is 22.3 Å². The van der Waals surface area contributed by atoms with E-state index in [0.717, 1.165) is 37.9 Å². The molecule has 0 radical (unpaired) electrons. The Morgan fingerprint density at radius 1 is 1.03 bits per heavy atom. The molecule has 1 atom stereocenters. The molecule has 0 saturated carbocycles. The summed E-state index contributed by atoms with van der Waals surface area (Å²) < 4.78 is 0. The molecule has 0 aromatic carbocycles. The van der Waals surface area contributed by atoms with Gasteiger partial charge in [-0.3, -0.25) is 10.3 Å². The summed E-state index contributed by atoms with van der Waals surface area (Å²) >= 11 is 1.55. The van der Waals surface area contributed by atoms with Gasteiger partial charge in [-0.1, -0.05) is 46.6 Å². The van der Waals surface area contributed by atoms with Crippen LogP contribution in [-0.2, 0) is 4.79 Å². The number of nitrogens with one attached hydrogen (secondary N) is 1. The van der Waals surface area contributed by atoms with E-state index in [2.05, 4.69) is 69.2 Å². The third kappa shape index (κ3) is 17.1. The van der Waals surface area contributed by atoms with Gasteiger partial charge >= 0.3 is 5.97 Å². The van der Waals surface area contributed by atoms with Crippen molar-refractivity contribution in [2.45, 2.75) is 79.7 Å². The van der Waals surface area contributed by atoms with Crippen molar-refractivity contribution in [3.05, 3.63) is 46.6 Å². The quantitative estimate of drug-likeness (QED) is 0.0805. The van der Waals surface area contributed by atoms with E-state index < -0.39 is 12.0 Å². The molecule has 2 N–H and O–H groups in total. The first-order valence-electron chi connectivity index (χ1n) is 10.8. The molecule has 1 unspecified atom stereocenters. The summed E-state index contributed by atoms with van der Waals surface area (Å²) in [5, 5.41) is 20.3. The van der Waals surface area contributed by atoms with E-state index in [4.69, 9.17) is 5.26 Å². The molecule has 0 aliphatic rings. The van der Waals surface area contributed by atoms with E-state index in [9.17, 15) is 9.90 Å². The van der Waals surface area contributed by atoms with Crippen LogP contribution >= 0.6 is 11.8 Å². The van der Waals surface area contributed by atoms with Gasteiger partial charge in [0.1, 0.15) is 5.84 Å². The van der Waals surface area contributed by atoms with Gasteiger partial charge in [-0.05, 0) is 73.6 Å². The summed E-state index contributed by atoms with van der Waals surface area (Å²) in [6, 6.07) is -0.855. The lowest BCUT2D eigenvalue weighted by Crippen LogP contribution is -2.25. The predicted octanol–water partition coefficient (Wildman–Crippen LogP) is 6.42. The number of hydrogen-bond acceptors (Lipinski definition) is 4. The Hall–Kier alpha value is -2.26. The monoisotopic (exact) mass is 445 g/mol. The highest BCUT2D eigenvalue weighted by molar-refractivity contribution is 7.99. The second-order valence-corrected chi connectivity index (χ2v) is 9.17. The number of allylic oxidation sites excluding steroid dienone is 7. The first kappa shape index (κ1) is 28.7. The van der Waals surface area contributed by atoms with Crippen LogP contribution in [0.15, 0.2) is 51.6 Å². The van der Waals surface area contributed by atoms with Crippen molar-refractivity contribution in [2.75, 3.05) is 11.5 Å². The van der Waals surface area contributed by atoms with Crippen LogP contribution in [0.1, 0.15) is 73.6 Å². The lowest BCUT2D eigenvalue weighted by Gasteiger charge is -2.09. The number of nitriles is 1. The van der Waals surface area contributed by atoms with E-state index in [0.29, 0.717) is 11.6 Å². The minimum Gasteiger partial charge on any atom is -0.480 e. The zero-order valence-corrected chi connectivity index (χ0v) is 20.8. The van der Waals surface area contributed by atoms with Gasteiger partial charge in [-0.25, -0.2) is 4.79 Å². The molecule has 0 fully saturated rings. The van der Waals surface area contributed by atoms with Gasteiger partial charge in [0.05, 0.1) is 0 Å². The maximum Gasteiger partial charge on any atom is 0.329 e. The standard InChI is InChI=1S/C25H39N3O2S/c1-19(2)9-7-10-21(5)11-8-12-23(14-13-20(3)4)15-16-31-17-24(25(29)30)28-22(6)27-18-26/h9,11,13,15,24H,7-8,10,12,14,16-17H2,1-6H3,(H,27,28)(H,29,30)/b21-11+,23-15+. The van der Waals surface area contributed by atoms with Gasteiger partial charge < -0.3 is 5.11 Å². The molecule has 5 nitrogen and oxygen atoms in total. The topological polar surface area (TPSA) is 85.5 Å². The van der Waals surface area contributed by atoms with Crippen molar-refractivity contribution >= 4 is 23.6 Å². The second-order valence-electron chi connectivity index (χ2n) is 8.10. The molecule has 0 aliphatic carbocycles. The molecule has 0 spiro atoms. The molecule has 0 saturated heterocycles. The summed E-state index contributed by atoms with van der Waals surface area (Å²) in [4.78, 5) is 15.5. The minimum atomic E-state index is -0.978. The van der Waals surface area contributed by atoms with E-state index >= 15 is 0 Å². The number of hydrogen-bond donors (Lipinski definition) is 2. The zero-order valence-electron chi connectivity index (χ0n) is 20.0. The van der Waals surface area contributed by atoms with Crippen LogP contribution in [0.5, 0.6) is 0 Å². The summed E-state index contributed by atoms with van der Waals surface area (Å²) in [6.07, 6.45) is 16.0. The van der Waals surface area contributed by atoms with E-state index in [1.807, 2.05) is 0 Å². The van der Waals surface area contributed by atoms with Crippen molar-refractivity contribution in [3.8, 4) is 6.19 Å². The van der Waals surface area contributed by atoms with Crippen LogP contribution < -0.4 is 5.32 Å². The Morgan fingerprint density at radius 3 is 2.26 bits per heavy atom. The maximum absolute atomic E-state index is 11.4. The number of aliphatic imine (C=N–C) groups is 1. The van der Waals surface area contributed by atoms with Crippen molar-refractivity contribution in [1.82, 2.24) is 5.32 Å². The molecule has 0 aliphatic heterocycles. The van der Waals surface area contributed by atoms with Gasteiger partial charge in [0, 0.05) is 11.5 Å². The first-order valence-corrected chi connectivity index (χ1v) is 11.9. The number of nitrogens with zero attached hydrogens (tertiary/aromatic N) is 2. The minimum absolute atomic E-state index is 0.321. The third-order valence-electron chi connectivity index (χ3n) is 4.46. The molecule has 0 aromatic heterocycles. The fraction of sp³-hybridized carbons (Fsp3) is 0.560. The molecule has 0 bridgehead atoms. The van der Waals surface area contributed by atoms with Crippen LogP contribution in [0, 0.1) is 11.5 Å². The van der Waals surface area contributed by atoms with E-state index in [1.54, 1.807) is 24.9 Å². The zero-order chi connectivity index (χ0) is 23.6. The fourth-order valence-corrected chi connectivity index (χ4v) is 3.61. The number of carboxylic acid groups (broad SMARTS) is 1. The Bertz CT molecular complexity index is 747. The molecule has 31 heavy (non-hydrogen) atoms. The number of amidine groups is 1. The Balaban J connectivity index is 4.81. The molecular weight excluding hydrogens is 406 g/mol. The number of aliphatic carboxylic acids is 1. The van der Waals surface area contributed by atoms with Crippen LogP contribution in [-0.4, -0.2) is 34.5 Å². The Kier molecular flexibility index (Phi) is 16.2. The van der Waals surface area contributed by atoms with Gasteiger partial charge in [0.2, 0.25) is 0 Å². The maximum atomic E-state index is 11.4. The first-order chi connectivity index (χ1) is 14.6. The van der Waals surface area contributed by atoms with Crippen molar-refractivity contribution in [2.24, 2.45) is 4.99 Å². The lowest BCUT2D eigenvalue weighted by molar-refractivity contribution is -0.137. The average molecular weight is 446 g/mol. The molecular formula is C25H39N3O2S. The highest BCUT2D eigenvalue weighted by Crippen LogP contribution is 2.17. The van der Waals surface area contributed by atoms with Crippen molar-refractivity contribution in [3.63, 3.8) is 0 Å². The summed E-state index contributed by atoms with van der Waals surface area (Å²) in [6.45, 7) is 12.3.